The Hall–Kier alpha value is -1.71. The van der Waals surface area contributed by atoms with E-state index in [1.807, 2.05) is 0 Å². The Kier molecular flexibility index (Phi) is 3.69. The first-order valence-electron chi connectivity index (χ1n) is 5.64. The number of aromatic nitrogens is 1. The number of hydrogen-bond acceptors (Lipinski definition) is 4. The average Bonchev–Trinajstić information content (AvgIpc) is 2.37. The molecule has 1 aromatic heterocycles. The van der Waals surface area contributed by atoms with Gasteiger partial charge in [0, 0.05) is 32.2 Å². The summed E-state index contributed by atoms with van der Waals surface area (Å²) >= 11 is 0. The summed E-state index contributed by atoms with van der Waals surface area (Å²) in [5.74, 6) is -0.327. The van der Waals surface area contributed by atoms with E-state index in [-0.39, 0.29) is 43.3 Å². The van der Waals surface area contributed by atoms with Gasteiger partial charge in [0.05, 0.1) is 0 Å². The van der Waals surface area contributed by atoms with Crippen molar-refractivity contribution >= 4 is 16.1 Å². The molecule has 0 bridgehead atoms. The Bertz CT molecular complexity index is 631. The van der Waals surface area contributed by atoms with Gasteiger partial charge in [-0.15, -0.1) is 0 Å². The number of pyridine rings is 1. The first kappa shape index (κ1) is 13.7. The van der Waals surface area contributed by atoms with E-state index in [9.17, 15) is 18.0 Å². The molecule has 104 valence electrons. The predicted octanol–water partition coefficient (Wildman–Crippen LogP) is -1.66. The first-order valence-corrected chi connectivity index (χ1v) is 7.15. The van der Waals surface area contributed by atoms with Gasteiger partial charge in [-0.2, -0.15) is 12.7 Å². The zero-order valence-electron chi connectivity index (χ0n) is 10.1. The van der Waals surface area contributed by atoms with Crippen LogP contribution in [0.4, 0.5) is 0 Å². The molecule has 1 aliphatic rings. The molecule has 1 aliphatic heterocycles. The van der Waals surface area contributed by atoms with Gasteiger partial charge < -0.3 is 9.88 Å². The predicted molar refractivity (Wildman–Crippen MR) is 67.6 cm³/mol. The molecule has 0 saturated carbocycles. The van der Waals surface area contributed by atoms with Gasteiger partial charge in [-0.3, -0.25) is 9.59 Å². The summed E-state index contributed by atoms with van der Waals surface area (Å²) in [7, 11) is -3.71. The van der Waals surface area contributed by atoms with Crippen molar-refractivity contribution in [2.75, 3.05) is 26.2 Å². The number of H-pyrrole nitrogens is 1. The van der Waals surface area contributed by atoms with Crippen molar-refractivity contribution in [2.45, 2.75) is 0 Å². The smallest absolute Gasteiger partial charge is 0.277 e. The van der Waals surface area contributed by atoms with Crippen LogP contribution in [0.3, 0.4) is 0 Å². The molecule has 0 spiro atoms. The summed E-state index contributed by atoms with van der Waals surface area (Å²) in [5, 5.41) is 5.01. The van der Waals surface area contributed by atoms with Crippen molar-refractivity contribution in [1.82, 2.24) is 14.2 Å². The number of rotatable bonds is 2. The van der Waals surface area contributed by atoms with Crippen molar-refractivity contribution < 1.29 is 13.2 Å². The zero-order valence-corrected chi connectivity index (χ0v) is 10.9. The second kappa shape index (κ2) is 5.11. The van der Waals surface area contributed by atoms with Crippen molar-refractivity contribution in [3.8, 4) is 0 Å². The normalized spacial score (nSPS) is 17.4. The van der Waals surface area contributed by atoms with E-state index in [0.29, 0.717) is 0 Å². The highest BCUT2D eigenvalue weighted by Gasteiger charge is 2.27. The molecule has 1 aromatic rings. The van der Waals surface area contributed by atoms with E-state index in [4.69, 9.17) is 5.14 Å². The zero-order chi connectivity index (χ0) is 14.0. The van der Waals surface area contributed by atoms with E-state index in [0.717, 1.165) is 4.31 Å². The summed E-state index contributed by atoms with van der Waals surface area (Å²) in [6.07, 6.45) is 0. The summed E-state index contributed by atoms with van der Waals surface area (Å²) in [5.41, 5.74) is -0.162. The van der Waals surface area contributed by atoms with Crippen molar-refractivity contribution in [3.05, 3.63) is 34.2 Å². The van der Waals surface area contributed by atoms with Crippen molar-refractivity contribution in [1.29, 1.82) is 0 Å². The van der Waals surface area contributed by atoms with Gasteiger partial charge in [-0.05, 0) is 6.07 Å². The van der Waals surface area contributed by atoms with Crippen LogP contribution in [0.5, 0.6) is 0 Å². The van der Waals surface area contributed by atoms with Gasteiger partial charge in [0.2, 0.25) is 5.56 Å². The minimum atomic E-state index is -3.71. The molecule has 0 radical (unpaired) electrons. The molecule has 2 rings (SSSR count). The molecule has 19 heavy (non-hydrogen) atoms. The Morgan fingerprint density at radius 2 is 1.84 bits per heavy atom. The number of nitrogens with two attached hydrogens (primary N) is 1. The van der Waals surface area contributed by atoms with Gasteiger partial charge in [-0.1, -0.05) is 6.07 Å². The molecule has 0 aromatic carbocycles. The summed E-state index contributed by atoms with van der Waals surface area (Å²) in [6, 6.07) is 4.32. The Morgan fingerprint density at radius 3 is 2.37 bits per heavy atom. The van der Waals surface area contributed by atoms with Gasteiger partial charge >= 0.3 is 0 Å². The lowest BCUT2D eigenvalue weighted by Gasteiger charge is -2.32. The highest BCUT2D eigenvalue weighted by Crippen LogP contribution is 2.07. The van der Waals surface area contributed by atoms with Crippen LogP contribution in [0.1, 0.15) is 10.5 Å². The summed E-state index contributed by atoms with van der Waals surface area (Å²) < 4.78 is 23.4. The quantitative estimate of drug-likeness (QED) is 0.676. The largest absolute Gasteiger partial charge is 0.335 e. The number of aromatic amines is 1. The number of carbonyl (C=O) groups excluding carboxylic acids is 1. The first-order chi connectivity index (χ1) is 8.88. The monoisotopic (exact) mass is 286 g/mol. The molecular formula is C10H14N4O4S. The summed E-state index contributed by atoms with van der Waals surface area (Å²) in [4.78, 5) is 27.1. The van der Waals surface area contributed by atoms with E-state index in [1.54, 1.807) is 0 Å². The number of hydrogen-bond donors (Lipinski definition) is 2. The van der Waals surface area contributed by atoms with Crippen LogP contribution in [-0.2, 0) is 10.2 Å². The second-order valence-electron chi connectivity index (χ2n) is 4.16. The van der Waals surface area contributed by atoms with Crippen LogP contribution in [0.2, 0.25) is 0 Å². The maximum atomic E-state index is 12.1. The molecule has 1 amide bonds. The SMILES string of the molecule is NS(=O)(=O)N1CCN(C(=O)c2cccc(=O)[nH]2)CC1. The lowest BCUT2D eigenvalue weighted by molar-refractivity contribution is 0.0691. The molecule has 1 fully saturated rings. The number of piperazine rings is 1. The van der Waals surface area contributed by atoms with Gasteiger partial charge in [0.25, 0.3) is 16.1 Å². The Labute approximate surface area is 110 Å². The lowest BCUT2D eigenvalue weighted by Crippen LogP contribution is -2.52. The topological polar surface area (TPSA) is 117 Å². The van der Waals surface area contributed by atoms with E-state index >= 15 is 0 Å². The van der Waals surface area contributed by atoms with Crippen LogP contribution >= 0.6 is 0 Å². The van der Waals surface area contributed by atoms with Crippen LogP contribution in [-0.4, -0.2) is 54.7 Å². The van der Waals surface area contributed by atoms with Crippen LogP contribution < -0.4 is 10.7 Å². The molecular weight excluding hydrogens is 272 g/mol. The third-order valence-electron chi connectivity index (χ3n) is 2.88. The Balaban J connectivity index is 2.06. The summed E-state index contributed by atoms with van der Waals surface area (Å²) in [6.45, 7) is 0.793. The molecule has 9 heteroatoms. The maximum absolute atomic E-state index is 12.1. The average molecular weight is 286 g/mol. The standard InChI is InChI=1S/C10H14N4O4S/c11-19(17,18)14-6-4-13(5-7-14)10(16)8-2-1-3-9(15)12-8/h1-3H,4-7H2,(H,12,15)(H2,11,17,18). The van der Waals surface area contributed by atoms with E-state index in [2.05, 4.69) is 4.98 Å². The molecule has 1 saturated heterocycles. The minimum Gasteiger partial charge on any atom is -0.335 e. The maximum Gasteiger partial charge on any atom is 0.277 e. The van der Waals surface area contributed by atoms with Crippen molar-refractivity contribution in [2.24, 2.45) is 5.14 Å². The number of nitrogens with one attached hydrogen (secondary N) is 1. The van der Waals surface area contributed by atoms with Crippen LogP contribution in [0, 0.1) is 0 Å². The lowest BCUT2D eigenvalue weighted by atomic mass is 10.3. The van der Waals surface area contributed by atoms with Crippen LogP contribution in [0.25, 0.3) is 0 Å². The molecule has 2 heterocycles. The fourth-order valence-corrected chi connectivity index (χ4v) is 2.56. The second-order valence-corrected chi connectivity index (χ2v) is 5.71. The van der Waals surface area contributed by atoms with Crippen LogP contribution in [0.15, 0.2) is 23.0 Å². The van der Waals surface area contributed by atoms with Gasteiger partial charge in [-0.25, -0.2) is 5.14 Å². The highest BCUT2D eigenvalue weighted by molar-refractivity contribution is 7.86. The van der Waals surface area contributed by atoms with Gasteiger partial charge in [0.15, 0.2) is 0 Å². The number of carbonyl (C=O) groups is 1. The molecule has 3 N–H and O–H groups in total. The number of nitrogens with zero attached hydrogens (tertiary/aromatic N) is 2. The number of amides is 1. The molecule has 8 nitrogen and oxygen atoms in total. The fraction of sp³-hybridized carbons (Fsp3) is 0.400. The van der Waals surface area contributed by atoms with E-state index in [1.165, 1.54) is 23.1 Å². The molecule has 0 unspecified atom stereocenters. The Morgan fingerprint density at radius 1 is 1.21 bits per heavy atom. The highest BCUT2D eigenvalue weighted by atomic mass is 32.2. The minimum absolute atomic E-state index is 0.154. The third kappa shape index (κ3) is 3.19. The van der Waals surface area contributed by atoms with Gasteiger partial charge in [0.1, 0.15) is 5.69 Å². The fourth-order valence-electron chi connectivity index (χ4n) is 1.89. The van der Waals surface area contributed by atoms with Crippen molar-refractivity contribution in [3.63, 3.8) is 0 Å². The van der Waals surface area contributed by atoms with E-state index < -0.39 is 10.2 Å². The third-order valence-corrected chi connectivity index (χ3v) is 3.97. The molecule has 0 atom stereocenters. The molecule has 0 aliphatic carbocycles.